The summed E-state index contributed by atoms with van der Waals surface area (Å²) in [6.07, 6.45) is 0.948. The van der Waals surface area contributed by atoms with E-state index in [4.69, 9.17) is 4.74 Å². The van der Waals surface area contributed by atoms with Gasteiger partial charge in [-0.1, -0.05) is 19.1 Å². The molecule has 0 saturated carbocycles. The summed E-state index contributed by atoms with van der Waals surface area (Å²) in [4.78, 5) is 22.9. The number of nitrogens with zero attached hydrogens (tertiary/aromatic N) is 1. The van der Waals surface area contributed by atoms with E-state index in [-0.39, 0.29) is 17.9 Å². The van der Waals surface area contributed by atoms with Gasteiger partial charge in [-0.2, -0.15) is 0 Å². The van der Waals surface area contributed by atoms with Gasteiger partial charge in [0, 0.05) is 10.9 Å². The zero-order valence-electron chi connectivity index (χ0n) is 12.6. The van der Waals surface area contributed by atoms with Gasteiger partial charge >= 0.3 is 11.7 Å². The fraction of sp³-hybridized carbons (Fsp3) is 0.312. The Kier molecular flexibility index (Phi) is 5.70. The Labute approximate surface area is 137 Å². The molecule has 0 aliphatic carbocycles. The van der Waals surface area contributed by atoms with Crippen molar-refractivity contribution in [3.05, 3.63) is 56.3 Å². The number of thiophene rings is 1. The van der Waals surface area contributed by atoms with Gasteiger partial charge in [-0.3, -0.25) is 14.9 Å². The summed E-state index contributed by atoms with van der Waals surface area (Å²) >= 11 is 1.36. The first-order valence-corrected chi connectivity index (χ1v) is 8.07. The zero-order chi connectivity index (χ0) is 16.8. The van der Waals surface area contributed by atoms with Crippen LogP contribution in [0.15, 0.2) is 35.7 Å². The van der Waals surface area contributed by atoms with Crippen LogP contribution in [0, 0.1) is 10.1 Å². The number of carboxylic acid groups (broad SMARTS) is 1. The van der Waals surface area contributed by atoms with Gasteiger partial charge in [-0.15, -0.1) is 11.3 Å². The second-order valence-corrected chi connectivity index (χ2v) is 6.00. The lowest BCUT2D eigenvalue weighted by Gasteiger charge is -2.12. The first kappa shape index (κ1) is 17.0. The molecule has 0 spiro atoms. The van der Waals surface area contributed by atoms with Gasteiger partial charge < -0.3 is 9.84 Å². The molecule has 0 amide bonds. The number of nitro groups is 1. The van der Waals surface area contributed by atoms with Crippen LogP contribution in [0.5, 0.6) is 5.75 Å². The van der Waals surface area contributed by atoms with E-state index in [2.05, 4.69) is 0 Å². The highest BCUT2D eigenvalue weighted by Gasteiger charge is 2.23. The van der Waals surface area contributed by atoms with Crippen LogP contribution < -0.4 is 4.74 Å². The molecule has 23 heavy (non-hydrogen) atoms. The van der Waals surface area contributed by atoms with Crippen LogP contribution in [0.3, 0.4) is 0 Å². The number of ether oxygens (including phenoxy) is 1. The Balaban J connectivity index is 2.27. The minimum absolute atomic E-state index is 0.133. The van der Waals surface area contributed by atoms with Crippen molar-refractivity contribution in [2.45, 2.75) is 25.7 Å². The minimum Gasteiger partial charge on any atom is -0.487 e. The standard InChI is InChI=1S/C16H17NO5S/c1-2-7-22-14-6-5-11(10-13(14)17(20)21)9-12(16(18)19)15-4-3-8-23-15/h3-6,8,10,12H,2,7,9H2,1H3,(H,18,19). The van der Waals surface area contributed by atoms with E-state index in [1.165, 1.54) is 23.5 Å². The minimum atomic E-state index is -0.943. The highest BCUT2D eigenvalue weighted by atomic mass is 32.1. The fourth-order valence-electron chi connectivity index (χ4n) is 2.20. The summed E-state index contributed by atoms with van der Waals surface area (Å²) in [5.41, 5.74) is 0.465. The third kappa shape index (κ3) is 4.29. The SMILES string of the molecule is CCCOc1ccc(CC(C(=O)O)c2cccs2)cc1[N+](=O)[O-]. The summed E-state index contributed by atoms with van der Waals surface area (Å²) in [7, 11) is 0. The lowest BCUT2D eigenvalue weighted by atomic mass is 9.97. The second kappa shape index (κ2) is 7.73. The Morgan fingerprint density at radius 3 is 2.78 bits per heavy atom. The summed E-state index contributed by atoms with van der Waals surface area (Å²) in [5.74, 6) is -1.44. The van der Waals surface area contributed by atoms with Crippen molar-refractivity contribution in [1.29, 1.82) is 0 Å². The Bertz CT molecular complexity index is 684. The molecule has 1 unspecified atom stereocenters. The molecule has 122 valence electrons. The number of aliphatic carboxylic acids is 1. The van der Waals surface area contributed by atoms with Crippen molar-refractivity contribution in [1.82, 2.24) is 0 Å². The Morgan fingerprint density at radius 1 is 1.43 bits per heavy atom. The lowest BCUT2D eigenvalue weighted by Crippen LogP contribution is -2.13. The normalized spacial score (nSPS) is 11.9. The third-order valence-electron chi connectivity index (χ3n) is 3.31. The topological polar surface area (TPSA) is 89.7 Å². The van der Waals surface area contributed by atoms with Crippen LogP contribution in [-0.4, -0.2) is 22.6 Å². The second-order valence-electron chi connectivity index (χ2n) is 5.02. The fourth-order valence-corrected chi connectivity index (χ4v) is 3.02. The average molecular weight is 335 g/mol. The molecule has 1 atom stereocenters. The van der Waals surface area contributed by atoms with Crippen LogP contribution in [0.2, 0.25) is 0 Å². The molecule has 1 N–H and O–H groups in total. The molecule has 0 aliphatic rings. The molecule has 2 rings (SSSR count). The van der Waals surface area contributed by atoms with Crippen molar-refractivity contribution >= 4 is 23.0 Å². The largest absolute Gasteiger partial charge is 0.487 e. The van der Waals surface area contributed by atoms with Gasteiger partial charge in [0.25, 0.3) is 0 Å². The maximum atomic E-state index is 11.5. The first-order valence-electron chi connectivity index (χ1n) is 7.19. The molecule has 1 heterocycles. The number of benzene rings is 1. The smallest absolute Gasteiger partial charge is 0.312 e. The van der Waals surface area contributed by atoms with Gasteiger partial charge in [0.15, 0.2) is 5.75 Å². The first-order chi connectivity index (χ1) is 11.0. The molecule has 6 nitrogen and oxygen atoms in total. The number of carboxylic acids is 1. The summed E-state index contributed by atoms with van der Waals surface area (Å²) < 4.78 is 5.37. The molecule has 0 fully saturated rings. The molecular formula is C16H17NO5S. The van der Waals surface area contributed by atoms with Gasteiger partial charge in [-0.05, 0) is 35.9 Å². The van der Waals surface area contributed by atoms with E-state index >= 15 is 0 Å². The van der Waals surface area contributed by atoms with E-state index in [0.29, 0.717) is 12.2 Å². The molecule has 2 aromatic rings. The molecule has 0 aliphatic heterocycles. The summed E-state index contributed by atoms with van der Waals surface area (Å²) in [6, 6.07) is 8.17. The van der Waals surface area contributed by atoms with Crippen LogP contribution in [-0.2, 0) is 11.2 Å². The average Bonchev–Trinajstić information content (AvgIpc) is 3.04. The molecule has 1 aromatic heterocycles. The maximum absolute atomic E-state index is 11.5. The van der Waals surface area contributed by atoms with Crippen LogP contribution in [0.25, 0.3) is 0 Å². The van der Waals surface area contributed by atoms with Crippen molar-refractivity contribution in [2.24, 2.45) is 0 Å². The molecule has 0 bridgehead atoms. The Hall–Kier alpha value is -2.41. The predicted molar refractivity (Wildman–Crippen MR) is 87.3 cm³/mol. The third-order valence-corrected chi connectivity index (χ3v) is 4.29. The van der Waals surface area contributed by atoms with E-state index in [9.17, 15) is 20.0 Å². The van der Waals surface area contributed by atoms with Gasteiger partial charge in [0.2, 0.25) is 0 Å². The number of hydrogen-bond acceptors (Lipinski definition) is 5. The monoisotopic (exact) mass is 335 g/mol. The van der Waals surface area contributed by atoms with Crippen molar-refractivity contribution in [2.75, 3.05) is 6.61 Å². The van der Waals surface area contributed by atoms with Crippen molar-refractivity contribution < 1.29 is 19.6 Å². The lowest BCUT2D eigenvalue weighted by molar-refractivity contribution is -0.385. The van der Waals surface area contributed by atoms with E-state index in [1.54, 1.807) is 18.2 Å². The quantitative estimate of drug-likeness (QED) is 0.584. The van der Waals surface area contributed by atoms with Crippen LogP contribution in [0.1, 0.15) is 29.7 Å². The highest BCUT2D eigenvalue weighted by molar-refractivity contribution is 7.10. The van der Waals surface area contributed by atoms with Crippen molar-refractivity contribution in [3.63, 3.8) is 0 Å². The Morgan fingerprint density at radius 2 is 2.22 bits per heavy atom. The maximum Gasteiger partial charge on any atom is 0.312 e. The van der Waals surface area contributed by atoms with Gasteiger partial charge in [-0.25, -0.2) is 0 Å². The summed E-state index contributed by atoms with van der Waals surface area (Å²) in [5, 5.41) is 22.4. The van der Waals surface area contributed by atoms with Crippen LogP contribution in [0.4, 0.5) is 5.69 Å². The zero-order valence-corrected chi connectivity index (χ0v) is 13.4. The van der Waals surface area contributed by atoms with Gasteiger partial charge in [0.1, 0.15) is 0 Å². The number of carbonyl (C=O) groups is 1. The van der Waals surface area contributed by atoms with Crippen molar-refractivity contribution in [3.8, 4) is 5.75 Å². The number of hydrogen-bond donors (Lipinski definition) is 1. The number of rotatable bonds is 8. The molecule has 7 heteroatoms. The highest BCUT2D eigenvalue weighted by Crippen LogP contribution is 2.31. The summed E-state index contributed by atoms with van der Waals surface area (Å²) in [6.45, 7) is 2.31. The van der Waals surface area contributed by atoms with E-state index < -0.39 is 16.8 Å². The number of nitro benzene ring substituents is 1. The molecular weight excluding hydrogens is 318 g/mol. The molecule has 0 saturated heterocycles. The van der Waals surface area contributed by atoms with E-state index in [1.807, 2.05) is 12.3 Å². The predicted octanol–water partition coefficient (Wildman–Crippen LogP) is 3.86. The van der Waals surface area contributed by atoms with E-state index in [0.717, 1.165) is 11.3 Å². The van der Waals surface area contributed by atoms with Crippen LogP contribution >= 0.6 is 11.3 Å². The van der Waals surface area contributed by atoms with Gasteiger partial charge in [0.05, 0.1) is 17.4 Å². The molecule has 0 radical (unpaired) electrons. The molecule has 1 aromatic carbocycles.